The van der Waals surface area contributed by atoms with Crippen molar-refractivity contribution in [2.75, 3.05) is 7.11 Å². The van der Waals surface area contributed by atoms with E-state index in [1.165, 1.54) is 13.2 Å². The van der Waals surface area contributed by atoms with Crippen LogP contribution in [0.3, 0.4) is 0 Å². The summed E-state index contributed by atoms with van der Waals surface area (Å²) in [6.07, 6.45) is 0. The second kappa shape index (κ2) is 5.01. The van der Waals surface area contributed by atoms with Gasteiger partial charge in [-0.3, -0.25) is 4.79 Å². The molecule has 5 nitrogen and oxygen atoms in total. The molecule has 1 aliphatic heterocycles. The van der Waals surface area contributed by atoms with Gasteiger partial charge in [0.15, 0.2) is 0 Å². The fourth-order valence-corrected chi connectivity index (χ4v) is 2.59. The summed E-state index contributed by atoms with van der Waals surface area (Å²) in [5.74, 6) is 0.140. The van der Waals surface area contributed by atoms with Gasteiger partial charge >= 0.3 is 0 Å². The van der Waals surface area contributed by atoms with Gasteiger partial charge in [0.2, 0.25) is 0 Å². The van der Waals surface area contributed by atoms with Gasteiger partial charge in [-0.25, -0.2) is 0 Å². The van der Waals surface area contributed by atoms with Crippen LogP contribution >= 0.6 is 0 Å². The summed E-state index contributed by atoms with van der Waals surface area (Å²) in [5, 5.41) is 19.4. The van der Waals surface area contributed by atoms with Crippen LogP contribution in [-0.4, -0.2) is 28.1 Å². The van der Waals surface area contributed by atoms with Crippen molar-refractivity contribution < 1.29 is 19.7 Å². The summed E-state index contributed by atoms with van der Waals surface area (Å²) >= 11 is 0. The van der Waals surface area contributed by atoms with Gasteiger partial charge in [-0.15, -0.1) is 0 Å². The Hall–Kier alpha value is -2.69. The molecule has 0 aromatic heterocycles. The van der Waals surface area contributed by atoms with Crippen LogP contribution in [0.4, 0.5) is 0 Å². The maximum Gasteiger partial charge on any atom is 0.262 e. The number of carbonyl (C=O) groups excluding carboxylic acids is 1. The summed E-state index contributed by atoms with van der Waals surface area (Å²) in [7, 11) is 1.46. The molecule has 2 N–H and O–H groups in total. The zero-order valence-corrected chi connectivity index (χ0v) is 11.5. The van der Waals surface area contributed by atoms with E-state index in [1.807, 2.05) is 0 Å². The molecule has 0 aliphatic carbocycles. The standard InChI is InChI=1S/C16H15NO4/c1-21-14-4-2-3-13(19)15(14)16(20)17-8-10-5-6-12(18)7-11(10)9-17/h2-7,18-19H,8-9H2,1H3. The average molecular weight is 285 g/mol. The van der Waals surface area contributed by atoms with Crippen LogP contribution in [0, 0.1) is 0 Å². The molecule has 3 rings (SSSR count). The number of benzene rings is 2. The van der Waals surface area contributed by atoms with Crippen molar-refractivity contribution in [3.63, 3.8) is 0 Å². The van der Waals surface area contributed by atoms with E-state index < -0.39 is 0 Å². The first-order chi connectivity index (χ1) is 10.1. The van der Waals surface area contributed by atoms with Gasteiger partial charge in [-0.05, 0) is 35.4 Å². The van der Waals surface area contributed by atoms with E-state index in [-0.39, 0.29) is 23.0 Å². The molecule has 1 amide bonds. The number of hydrogen-bond donors (Lipinski definition) is 2. The molecule has 0 saturated heterocycles. The molecular formula is C16H15NO4. The minimum Gasteiger partial charge on any atom is -0.508 e. The first kappa shape index (κ1) is 13.3. The largest absolute Gasteiger partial charge is 0.508 e. The monoisotopic (exact) mass is 285 g/mol. The highest BCUT2D eigenvalue weighted by Gasteiger charge is 2.28. The topological polar surface area (TPSA) is 70.0 Å². The van der Waals surface area contributed by atoms with Crippen molar-refractivity contribution in [2.45, 2.75) is 13.1 Å². The number of carbonyl (C=O) groups is 1. The quantitative estimate of drug-likeness (QED) is 0.888. The molecule has 108 valence electrons. The van der Waals surface area contributed by atoms with Crippen molar-refractivity contribution in [1.82, 2.24) is 4.90 Å². The van der Waals surface area contributed by atoms with Crippen LogP contribution in [0.15, 0.2) is 36.4 Å². The first-order valence-corrected chi connectivity index (χ1v) is 6.56. The number of aromatic hydroxyl groups is 2. The van der Waals surface area contributed by atoms with E-state index in [0.29, 0.717) is 18.8 Å². The molecule has 21 heavy (non-hydrogen) atoms. The lowest BCUT2D eigenvalue weighted by Crippen LogP contribution is -2.25. The van der Waals surface area contributed by atoms with Crippen LogP contribution in [-0.2, 0) is 13.1 Å². The van der Waals surface area contributed by atoms with E-state index in [0.717, 1.165) is 11.1 Å². The second-order valence-electron chi connectivity index (χ2n) is 4.97. The van der Waals surface area contributed by atoms with Crippen LogP contribution in [0.25, 0.3) is 0 Å². The minimum absolute atomic E-state index is 0.0989. The molecule has 0 atom stereocenters. The van der Waals surface area contributed by atoms with Gasteiger partial charge in [0.05, 0.1) is 7.11 Å². The molecule has 0 spiro atoms. The molecule has 0 fully saturated rings. The Morgan fingerprint density at radius 1 is 1.14 bits per heavy atom. The highest BCUT2D eigenvalue weighted by molar-refractivity contribution is 5.99. The maximum atomic E-state index is 12.6. The number of nitrogens with zero attached hydrogens (tertiary/aromatic N) is 1. The van der Waals surface area contributed by atoms with Gasteiger partial charge in [-0.1, -0.05) is 12.1 Å². The van der Waals surface area contributed by atoms with Gasteiger partial charge < -0.3 is 19.8 Å². The molecule has 0 radical (unpaired) electrons. The van der Waals surface area contributed by atoms with Crippen molar-refractivity contribution in [3.05, 3.63) is 53.1 Å². The van der Waals surface area contributed by atoms with Gasteiger partial charge in [0.25, 0.3) is 5.91 Å². The number of phenolic OH excluding ortho intramolecular Hbond substituents is 2. The van der Waals surface area contributed by atoms with Crippen LogP contribution in [0.1, 0.15) is 21.5 Å². The zero-order chi connectivity index (χ0) is 15.0. The van der Waals surface area contributed by atoms with Gasteiger partial charge in [0, 0.05) is 13.1 Å². The van der Waals surface area contributed by atoms with Crippen molar-refractivity contribution in [2.24, 2.45) is 0 Å². The third-order valence-electron chi connectivity index (χ3n) is 3.64. The summed E-state index contributed by atoms with van der Waals surface area (Å²) in [6, 6.07) is 9.80. The molecule has 1 heterocycles. The Balaban J connectivity index is 1.92. The lowest BCUT2D eigenvalue weighted by Gasteiger charge is -2.18. The third kappa shape index (κ3) is 2.27. The SMILES string of the molecule is COc1cccc(O)c1C(=O)N1Cc2ccc(O)cc2C1. The molecule has 0 bridgehead atoms. The number of phenols is 2. The molecule has 2 aromatic rings. The molecule has 1 aliphatic rings. The fourth-order valence-electron chi connectivity index (χ4n) is 2.59. The summed E-state index contributed by atoms with van der Waals surface area (Å²) < 4.78 is 5.16. The number of fused-ring (bicyclic) bond motifs is 1. The highest BCUT2D eigenvalue weighted by Crippen LogP contribution is 2.32. The van der Waals surface area contributed by atoms with E-state index >= 15 is 0 Å². The predicted molar refractivity (Wildman–Crippen MR) is 76.3 cm³/mol. The Morgan fingerprint density at radius 2 is 1.90 bits per heavy atom. The van der Waals surface area contributed by atoms with E-state index in [1.54, 1.807) is 35.2 Å². The van der Waals surface area contributed by atoms with E-state index in [4.69, 9.17) is 4.74 Å². The van der Waals surface area contributed by atoms with Crippen molar-refractivity contribution in [1.29, 1.82) is 0 Å². The molecule has 5 heteroatoms. The van der Waals surface area contributed by atoms with E-state index in [2.05, 4.69) is 0 Å². The Kier molecular flexibility index (Phi) is 3.17. The van der Waals surface area contributed by atoms with Crippen LogP contribution in [0.5, 0.6) is 17.2 Å². The van der Waals surface area contributed by atoms with E-state index in [9.17, 15) is 15.0 Å². The minimum atomic E-state index is -0.291. The molecular weight excluding hydrogens is 270 g/mol. The zero-order valence-electron chi connectivity index (χ0n) is 11.5. The van der Waals surface area contributed by atoms with Crippen LogP contribution in [0.2, 0.25) is 0 Å². The van der Waals surface area contributed by atoms with Crippen molar-refractivity contribution in [3.8, 4) is 17.2 Å². The molecule has 0 saturated carbocycles. The smallest absolute Gasteiger partial charge is 0.262 e. The average Bonchev–Trinajstić information content (AvgIpc) is 2.89. The number of hydrogen-bond acceptors (Lipinski definition) is 4. The summed E-state index contributed by atoms with van der Waals surface area (Å²) in [5.41, 5.74) is 2.07. The van der Waals surface area contributed by atoms with Gasteiger partial charge in [0.1, 0.15) is 22.8 Å². The molecule has 0 unspecified atom stereocenters. The summed E-state index contributed by atoms with van der Waals surface area (Å²) in [4.78, 5) is 14.2. The number of amides is 1. The fraction of sp³-hybridized carbons (Fsp3) is 0.188. The molecule has 2 aromatic carbocycles. The predicted octanol–water partition coefficient (Wildman–Crippen LogP) is 2.26. The van der Waals surface area contributed by atoms with Crippen molar-refractivity contribution >= 4 is 5.91 Å². The second-order valence-corrected chi connectivity index (χ2v) is 4.97. The normalized spacial score (nSPS) is 13.1. The lowest BCUT2D eigenvalue weighted by atomic mass is 10.1. The number of rotatable bonds is 2. The first-order valence-electron chi connectivity index (χ1n) is 6.56. The maximum absolute atomic E-state index is 12.6. The summed E-state index contributed by atoms with van der Waals surface area (Å²) in [6.45, 7) is 0.853. The Morgan fingerprint density at radius 3 is 2.67 bits per heavy atom. The third-order valence-corrected chi connectivity index (χ3v) is 3.64. The Labute approximate surface area is 122 Å². The number of methoxy groups -OCH3 is 1. The van der Waals surface area contributed by atoms with Crippen LogP contribution < -0.4 is 4.74 Å². The van der Waals surface area contributed by atoms with Gasteiger partial charge in [-0.2, -0.15) is 0 Å². The highest BCUT2D eigenvalue weighted by atomic mass is 16.5. The lowest BCUT2D eigenvalue weighted by molar-refractivity contribution is 0.0744. The number of ether oxygens (including phenoxy) is 1. The Bertz CT molecular complexity index is 711.